The lowest BCUT2D eigenvalue weighted by molar-refractivity contribution is -0.0587. The Morgan fingerprint density at radius 2 is 1.65 bits per heavy atom. The van der Waals surface area contributed by atoms with Crippen LogP contribution in [-0.2, 0) is 4.84 Å². The zero-order valence-electron chi connectivity index (χ0n) is 11.9. The van der Waals surface area contributed by atoms with Gasteiger partial charge in [-0.05, 0) is 24.3 Å². The van der Waals surface area contributed by atoms with E-state index in [2.05, 4.69) is 0 Å². The van der Waals surface area contributed by atoms with E-state index < -0.39 is 29.2 Å². The van der Waals surface area contributed by atoms with Gasteiger partial charge in [-0.15, -0.1) is 0 Å². The van der Waals surface area contributed by atoms with E-state index in [1.54, 1.807) is 12.1 Å². The summed E-state index contributed by atoms with van der Waals surface area (Å²) in [4.78, 5) is 40.9. The zero-order chi connectivity index (χ0) is 16.6. The van der Waals surface area contributed by atoms with Crippen LogP contribution in [0.1, 0.15) is 31.1 Å². The monoisotopic (exact) mass is 315 g/mol. The number of benzene rings is 2. The number of methoxy groups -OCH3 is 1. The Hall–Kier alpha value is -3.22. The van der Waals surface area contributed by atoms with Crippen molar-refractivity contribution in [3.05, 3.63) is 65.0 Å². The van der Waals surface area contributed by atoms with Crippen molar-refractivity contribution in [3.8, 4) is 5.75 Å². The first-order valence-corrected chi connectivity index (χ1v) is 6.56. The lowest BCUT2D eigenvalue weighted by Crippen LogP contribution is -2.32. The van der Waals surface area contributed by atoms with Crippen LogP contribution in [0.15, 0.2) is 42.5 Å². The number of nitrogens with zero attached hydrogens (tertiary/aromatic N) is 1. The maximum absolute atomic E-state index is 13.8. The summed E-state index contributed by atoms with van der Waals surface area (Å²) in [6, 6.07) is 9.56. The third-order valence-corrected chi connectivity index (χ3v) is 3.33. The molecule has 116 valence electrons. The van der Waals surface area contributed by atoms with Crippen molar-refractivity contribution in [2.45, 2.75) is 0 Å². The Balaban J connectivity index is 1.85. The standard InChI is InChI=1S/C16H10FNO5/c1-22-9-6-7-12(13(17)8-9)16(21)23-18-14(19)10-4-2-3-5-11(10)15(18)20/h2-8H,1H3. The molecule has 2 amide bonds. The smallest absolute Gasteiger partial charge is 0.366 e. The van der Waals surface area contributed by atoms with E-state index in [4.69, 9.17) is 9.57 Å². The number of carbonyl (C=O) groups excluding carboxylic acids is 3. The van der Waals surface area contributed by atoms with Gasteiger partial charge in [-0.1, -0.05) is 17.2 Å². The van der Waals surface area contributed by atoms with Crippen LogP contribution < -0.4 is 4.74 Å². The molecule has 1 aliphatic rings. The lowest BCUT2D eigenvalue weighted by Gasteiger charge is -2.13. The Bertz CT molecular complexity index is 798. The number of hydroxylamine groups is 2. The van der Waals surface area contributed by atoms with E-state index in [0.29, 0.717) is 5.06 Å². The van der Waals surface area contributed by atoms with Gasteiger partial charge in [0, 0.05) is 6.07 Å². The van der Waals surface area contributed by atoms with Gasteiger partial charge in [0.2, 0.25) is 0 Å². The van der Waals surface area contributed by atoms with E-state index in [1.165, 1.54) is 25.3 Å². The van der Waals surface area contributed by atoms with E-state index in [-0.39, 0.29) is 16.9 Å². The third-order valence-electron chi connectivity index (χ3n) is 3.33. The summed E-state index contributed by atoms with van der Waals surface area (Å²) in [6.45, 7) is 0. The van der Waals surface area contributed by atoms with E-state index in [9.17, 15) is 18.8 Å². The summed E-state index contributed by atoms with van der Waals surface area (Å²) in [5.41, 5.74) is -0.164. The van der Waals surface area contributed by atoms with Gasteiger partial charge in [-0.2, -0.15) is 0 Å². The number of fused-ring (bicyclic) bond motifs is 1. The molecule has 0 fully saturated rings. The van der Waals surface area contributed by atoms with E-state index in [1.807, 2.05) is 0 Å². The first-order chi connectivity index (χ1) is 11.0. The zero-order valence-corrected chi connectivity index (χ0v) is 11.9. The second-order valence-corrected chi connectivity index (χ2v) is 4.67. The number of hydrogen-bond acceptors (Lipinski definition) is 5. The summed E-state index contributed by atoms with van der Waals surface area (Å²) in [5.74, 6) is -3.36. The van der Waals surface area contributed by atoms with Gasteiger partial charge in [-0.25, -0.2) is 9.18 Å². The summed E-state index contributed by atoms with van der Waals surface area (Å²) in [5, 5.41) is 0.330. The van der Waals surface area contributed by atoms with Crippen molar-refractivity contribution in [1.29, 1.82) is 0 Å². The normalized spacial score (nSPS) is 13.0. The van der Waals surface area contributed by atoms with Crippen LogP contribution in [-0.4, -0.2) is 30.0 Å². The van der Waals surface area contributed by atoms with Gasteiger partial charge in [0.25, 0.3) is 11.8 Å². The number of hydrogen-bond donors (Lipinski definition) is 0. The number of amides is 2. The van der Waals surface area contributed by atoms with Crippen LogP contribution >= 0.6 is 0 Å². The molecule has 0 saturated carbocycles. The number of imide groups is 1. The quantitative estimate of drug-likeness (QED) is 0.812. The molecule has 0 spiro atoms. The highest BCUT2D eigenvalue weighted by Gasteiger charge is 2.39. The number of halogens is 1. The molecule has 1 aliphatic heterocycles. The van der Waals surface area contributed by atoms with Crippen LogP contribution in [0.25, 0.3) is 0 Å². The molecule has 0 aliphatic carbocycles. The average Bonchev–Trinajstić information content (AvgIpc) is 2.80. The van der Waals surface area contributed by atoms with Crippen LogP contribution in [0.5, 0.6) is 5.75 Å². The molecule has 2 aromatic rings. The molecule has 0 aromatic heterocycles. The van der Waals surface area contributed by atoms with Crippen molar-refractivity contribution >= 4 is 17.8 Å². The molecule has 2 aromatic carbocycles. The van der Waals surface area contributed by atoms with Crippen molar-refractivity contribution in [3.63, 3.8) is 0 Å². The van der Waals surface area contributed by atoms with Gasteiger partial charge in [-0.3, -0.25) is 9.59 Å². The van der Waals surface area contributed by atoms with Crippen molar-refractivity contribution in [2.24, 2.45) is 0 Å². The van der Waals surface area contributed by atoms with Gasteiger partial charge in [0.15, 0.2) is 0 Å². The number of rotatable bonds is 3. The summed E-state index contributed by atoms with van der Waals surface area (Å²) < 4.78 is 18.7. The molecule has 3 rings (SSSR count). The molecule has 23 heavy (non-hydrogen) atoms. The first-order valence-electron chi connectivity index (χ1n) is 6.56. The highest BCUT2D eigenvalue weighted by atomic mass is 19.1. The minimum absolute atomic E-state index is 0.125. The SMILES string of the molecule is COc1ccc(C(=O)ON2C(=O)c3ccccc3C2=O)c(F)c1. The minimum atomic E-state index is -1.15. The first kappa shape index (κ1) is 14.7. The van der Waals surface area contributed by atoms with E-state index in [0.717, 1.165) is 12.1 Å². The van der Waals surface area contributed by atoms with E-state index >= 15 is 0 Å². The lowest BCUT2D eigenvalue weighted by atomic mass is 10.1. The Morgan fingerprint density at radius 1 is 1.04 bits per heavy atom. The largest absolute Gasteiger partial charge is 0.497 e. The molecular formula is C16H10FNO5. The van der Waals surface area contributed by atoms with Gasteiger partial charge in [0.05, 0.1) is 23.8 Å². The van der Waals surface area contributed by atoms with Crippen molar-refractivity contribution in [1.82, 2.24) is 5.06 Å². The predicted molar refractivity (Wildman–Crippen MR) is 75.3 cm³/mol. The number of ether oxygens (including phenoxy) is 1. The maximum atomic E-state index is 13.8. The Morgan fingerprint density at radius 3 is 2.17 bits per heavy atom. The molecule has 0 unspecified atom stereocenters. The van der Waals surface area contributed by atoms with Crippen LogP contribution in [0.3, 0.4) is 0 Å². The Kier molecular flexibility index (Phi) is 3.53. The summed E-state index contributed by atoms with van der Waals surface area (Å²) in [6.07, 6.45) is 0. The fourth-order valence-corrected chi connectivity index (χ4v) is 2.17. The highest BCUT2D eigenvalue weighted by Crippen LogP contribution is 2.24. The maximum Gasteiger partial charge on any atom is 0.366 e. The molecule has 0 saturated heterocycles. The van der Waals surface area contributed by atoms with Crippen molar-refractivity contribution in [2.75, 3.05) is 7.11 Å². The molecule has 0 atom stereocenters. The fraction of sp³-hybridized carbons (Fsp3) is 0.0625. The number of carbonyl (C=O) groups is 3. The van der Waals surface area contributed by atoms with Crippen molar-refractivity contribution < 1.29 is 28.3 Å². The average molecular weight is 315 g/mol. The highest BCUT2D eigenvalue weighted by molar-refractivity contribution is 6.21. The second-order valence-electron chi connectivity index (χ2n) is 4.67. The molecule has 6 nitrogen and oxygen atoms in total. The van der Waals surface area contributed by atoms with Crippen LogP contribution in [0.2, 0.25) is 0 Å². The summed E-state index contributed by atoms with van der Waals surface area (Å²) >= 11 is 0. The van der Waals surface area contributed by atoms with Crippen LogP contribution in [0, 0.1) is 5.82 Å². The molecule has 7 heteroatoms. The minimum Gasteiger partial charge on any atom is -0.497 e. The fourth-order valence-electron chi connectivity index (χ4n) is 2.17. The van der Waals surface area contributed by atoms with Gasteiger partial charge < -0.3 is 9.57 Å². The van der Waals surface area contributed by atoms with Gasteiger partial charge >= 0.3 is 5.97 Å². The molecular weight excluding hydrogens is 305 g/mol. The molecule has 1 heterocycles. The molecule has 0 radical (unpaired) electrons. The summed E-state index contributed by atoms with van der Waals surface area (Å²) in [7, 11) is 1.35. The Labute approximate surface area is 130 Å². The molecule has 0 N–H and O–H groups in total. The topological polar surface area (TPSA) is 72.9 Å². The van der Waals surface area contributed by atoms with Crippen LogP contribution in [0.4, 0.5) is 4.39 Å². The third kappa shape index (κ3) is 2.42. The predicted octanol–water partition coefficient (Wildman–Crippen LogP) is 2.20. The van der Waals surface area contributed by atoms with Gasteiger partial charge in [0.1, 0.15) is 11.6 Å². The molecule has 0 bridgehead atoms. The second kappa shape index (κ2) is 5.53.